The molecule has 4 bridgehead atoms. The Bertz CT molecular complexity index is 733. The van der Waals surface area contributed by atoms with Gasteiger partial charge in [0, 0.05) is 6.04 Å². The third kappa shape index (κ3) is 3.06. The maximum atomic E-state index is 13.2. The van der Waals surface area contributed by atoms with Crippen LogP contribution in [0.25, 0.3) is 0 Å². The van der Waals surface area contributed by atoms with Crippen molar-refractivity contribution in [2.45, 2.75) is 76.7 Å². The van der Waals surface area contributed by atoms with Crippen LogP contribution in [0.4, 0.5) is 0 Å². The summed E-state index contributed by atoms with van der Waals surface area (Å²) in [6.07, 6.45) is 8.74. The van der Waals surface area contributed by atoms with Gasteiger partial charge in [-0.3, -0.25) is 0 Å². The SMILES string of the molecule is CCC(NS(=O)(=O)c1cc(C)ccc1C)C12CC3CC(CC(C3)C1)C2. The first-order chi connectivity index (χ1) is 11.8. The summed E-state index contributed by atoms with van der Waals surface area (Å²) in [6.45, 7) is 5.99. The zero-order valence-electron chi connectivity index (χ0n) is 15.7. The van der Waals surface area contributed by atoms with Gasteiger partial charge in [-0.25, -0.2) is 13.1 Å². The molecule has 138 valence electrons. The van der Waals surface area contributed by atoms with Gasteiger partial charge in [0.2, 0.25) is 10.0 Å². The first kappa shape index (κ1) is 17.5. The molecular formula is C21H31NO2S. The summed E-state index contributed by atoms with van der Waals surface area (Å²) in [5.74, 6) is 2.52. The highest BCUT2D eigenvalue weighted by atomic mass is 32.2. The summed E-state index contributed by atoms with van der Waals surface area (Å²) in [5.41, 5.74) is 2.03. The number of aryl methyl sites for hydroxylation is 2. The van der Waals surface area contributed by atoms with Gasteiger partial charge in [-0.1, -0.05) is 19.1 Å². The van der Waals surface area contributed by atoms with Crippen molar-refractivity contribution >= 4 is 10.0 Å². The molecule has 0 aromatic heterocycles. The Balaban J connectivity index is 1.63. The first-order valence-corrected chi connectivity index (χ1v) is 11.4. The molecule has 3 nitrogen and oxygen atoms in total. The lowest BCUT2D eigenvalue weighted by atomic mass is 9.47. The molecule has 0 radical (unpaired) electrons. The molecule has 25 heavy (non-hydrogen) atoms. The van der Waals surface area contributed by atoms with Gasteiger partial charge < -0.3 is 0 Å². The van der Waals surface area contributed by atoms with Crippen LogP contribution in [0.2, 0.25) is 0 Å². The molecule has 0 aliphatic heterocycles. The zero-order valence-corrected chi connectivity index (χ0v) is 16.5. The zero-order chi connectivity index (χ0) is 17.8. The number of nitrogens with one attached hydrogen (secondary N) is 1. The van der Waals surface area contributed by atoms with Gasteiger partial charge in [-0.2, -0.15) is 0 Å². The quantitative estimate of drug-likeness (QED) is 0.834. The number of benzene rings is 1. The Morgan fingerprint density at radius 1 is 1.08 bits per heavy atom. The molecule has 0 amide bonds. The van der Waals surface area contributed by atoms with Crippen LogP contribution in [0, 0.1) is 37.0 Å². The van der Waals surface area contributed by atoms with Crippen molar-refractivity contribution in [3.8, 4) is 0 Å². The fraction of sp³-hybridized carbons (Fsp3) is 0.714. The summed E-state index contributed by atoms with van der Waals surface area (Å²) >= 11 is 0. The van der Waals surface area contributed by atoms with E-state index in [0.29, 0.717) is 4.90 Å². The molecule has 4 aliphatic rings. The largest absolute Gasteiger partial charge is 0.241 e. The summed E-state index contributed by atoms with van der Waals surface area (Å²) in [6, 6.07) is 5.77. The Morgan fingerprint density at radius 2 is 1.64 bits per heavy atom. The second kappa shape index (κ2) is 6.09. The van der Waals surface area contributed by atoms with E-state index in [2.05, 4.69) is 11.6 Å². The molecule has 4 aliphatic carbocycles. The molecule has 4 saturated carbocycles. The van der Waals surface area contributed by atoms with Crippen molar-refractivity contribution in [2.75, 3.05) is 0 Å². The summed E-state index contributed by atoms with van der Waals surface area (Å²) in [4.78, 5) is 0.454. The Kier molecular flexibility index (Phi) is 4.27. The summed E-state index contributed by atoms with van der Waals surface area (Å²) in [7, 11) is -3.47. The van der Waals surface area contributed by atoms with E-state index in [0.717, 1.165) is 35.3 Å². The second-order valence-electron chi connectivity index (χ2n) is 9.13. The molecule has 1 unspecified atom stereocenters. The van der Waals surface area contributed by atoms with E-state index < -0.39 is 10.0 Å². The predicted octanol–water partition coefficient (Wildman–Crippen LogP) is 4.58. The van der Waals surface area contributed by atoms with E-state index in [1.807, 2.05) is 32.0 Å². The highest BCUT2D eigenvalue weighted by Gasteiger charge is 2.54. The van der Waals surface area contributed by atoms with E-state index in [4.69, 9.17) is 0 Å². The first-order valence-electron chi connectivity index (χ1n) is 9.91. The maximum absolute atomic E-state index is 13.2. The number of sulfonamides is 1. The molecule has 1 aromatic carbocycles. The summed E-state index contributed by atoms with van der Waals surface area (Å²) < 4.78 is 29.5. The van der Waals surface area contributed by atoms with E-state index in [1.165, 1.54) is 38.5 Å². The van der Waals surface area contributed by atoms with Gasteiger partial charge >= 0.3 is 0 Å². The molecule has 4 heteroatoms. The van der Waals surface area contributed by atoms with Crippen molar-refractivity contribution in [1.29, 1.82) is 0 Å². The lowest BCUT2D eigenvalue weighted by molar-refractivity contribution is -0.0704. The molecule has 4 fully saturated rings. The van der Waals surface area contributed by atoms with Crippen LogP contribution in [-0.2, 0) is 10.0 Å². The standard InChI is InChI=1S/C21H31NO2S/c1-4-20(21-11-16-8-17(12-21)10-18(9-16)13-21)22-25(23,24)19-7-14(2)5-6-15(19)3/h5-7,16-18,20,22H,4,8-13H2,1-3H3. The fourth-order valence-electron chi connectivity index (χ4n) is 6.49. The molecule has 0 spiro atoms. The second-order valence-corrected chi connectivity index (χ2v) is 10.8. The van der Waals surface area contributed by atoms with Crippen molar-refractivity contribution in [3.05, 3.63) is 29.3 Å². The third-order valence-electron chi connectivity index (χ3n) is 7.16. The number of hydrogen-bond donors (Lipinski definition) is 1. The van der Waals surface area contributed by atoms with Crippen LogP contribution >= 0.6 is 0 Å². The minimum Gasteiger partial charge on any atom is -0.208 e. The van der Waals surface area contributed by atoms with E-state index in [1.54, 1.807) is 0 Å². The monoisotopic (exact) mass is 361 g/mol. The molecule has 0 saturated heterocycles. The fourth-order valence-corrected chi connectivity index (χ4v) is 8.24. The van der Waals surface area contributed by atoms with Crippen LogP contribution in [0.3, 0.4) is 0 Å². The average Bonchev–Trinajstić information content (AvgIpc) is 2.53. The van der Waals surface area contributed by atoms with Gasteiger partial charge in [-0.05, 0) is 99.2 Å². The van der Waals surface area contributed by atoms with E-state index >= 15 is 0 Å². The molecule has 1 atom stereocenters. The van der Waals surface area contributed by atoms with Crippen LogP contribution < -0.4 is 4.72 Å². The van der Waals surface area contributed by atoms with Gasteiger partial charge in [-0.15, -0.1) is 0 Å². The third-order valence-corrected chi connectivity index (χ3v) is 8.78. The molecule has 1 aromatic rings. The van der Waals surface area contributed by atoms with Crippen molar-refractivity contribution in [1.82, 2.24) is 4.72 Å². The smallest absolute Gasteiger partial charge is 0.208 e. The van der Waals surface area contributed by atoms with Gasteiger partial charge in [0.05, 0.1) is 4.90 Å². The Morgan fingerprint density at radius 3 is 2.16 bits per heavy atom. The number of hydrogen-bond acceptors (Lipinski definition) is 2. The van der Waals surface area contributed by atoms with Gasteiger partial charge in [0.25, 0.3) is 0 Å². The van der Waals surface area contributed by atoms with E-state index in [9.17, 15) is 8.42 Å². The minimum atomic E-state index is -3.47. The van der Waals surface area contributed by atoms with Crippen molar-refractivity contribution in [3.63, 3.8) is 0 Å². The minimum absolute atomic E-state index is 0.0748. The summed E-state index contributed by atoms with van der Waals surface area (Å²) in [5, 5.41) is 0. The van der Waals surface area contributed by atoms with Gasteiger partial charge in [0.15, 0.2) is 0 Å². The van der Waals surface area contributed by atoms with Crippen molar-refractivity contribution < 1.29 is 8.42 Å². The highest BCUT2D eigenvalue weighted by Crippen LogP contribution is 2.61. The average molecular weight is 362 g/mol. The van der Waals surface area contributed by atoms with Crippen LogP contribution in [-0.4, -0.2) is 14.5 Å². The molecular weight excluding hydrogens is 330 g/mol. The van der Waals surface area contributed by atoms with Crippen LogP contribution in [0.1, 0.15) is 63.0 Å². The Labute approximate surface area is 152 Å². The topological polar surface area (TPSA) is 46.2 Å². The lowest BCUT2D eigenvalue weighted by Gasteiger charge is -2.59. The highest BCUT2D eigenvalue weighted by molar-refractivity contribution is 7.89. The van der Waals surface area contributed by atoms with E-state index in [-0.39, 0.29) is 11.5 Å². The van der Waals surface area contributed by atoms with Gasteiger partial charge in [0.1, 0.15) is 0 Å². The predicted molar refractivity (Wildman–Crippen MR) is 101 cm³/mol. The normalized spacial score (nSPS) is 35.1. The number of rotatable bonds is 5. The Hall–Kier alpha value is -0.870. The lowest BCUT2D eigenvalue weighted by Crippen LogP contribution is -2.56. The molecule has 1 N–H and O–H groups in total. The van der Waals surface area contributed by atoms with Crippen LogP contribution in [0.15, 0.2) is 23.1 Å². The molecule has 5 rings (SSSR count). The maximum Gasteiger partial charge on any atom is 0.241 e. The molecule has 0 heterocycles. The van der Waals surface area contributed by atoms with Crippen molar-refractivity contribution in [2.24, 2.45) is 23.2 Å². The van der Waals surface area contributed by atoms with Crippen LogP contribution in [0.5, 0.6) is 0 Å².